The van der Waals surface area contributed by atoms with E-state index < -0.39 is 12.1 Å². The molecule has 1 heterocycles. The number of nitrogens with two attached hydrogens (primary N) is 1. The summed E-state index contributed by atoms with van der Waals surface area (Å²) in [6.07, 6.45) is 6.35. The van der Waals surface area contributed by atoms with Crippen LogP contribution in [0.5, 0.6) is 0 Å². The summed E-state index contributed by atoms with van der Waals surface area (Å²) < 4.78 is 0. The van der Waals surface area contributed by atoms with Crippen molar-refractivity contribution >= 4 is 17.8 Å². The Morgan fingerprint density at radius 1 is 1.09 bits per heavy atom. The number of carbonyl (C=O) groups excluding carboxylic acids is 3. The van der Waals surface area contributed by atoms with Gasteiger partial charge in [-0.15, -0.1) is 0 Å². The van der Waals surface area contributed by atoms with E-state index in [4.69, 9.17) is 5.73 Å². The van der Waals surface area contributed by atoms with E-state index in [0.29, 0.717) is 25.4 Å². The molecule has 3 N–H and O–H groups in total. The Hall–Kier alpha value is -1.63. The molecule has 23 heavy (non-hydrogen) atoms. The molecule has 1 aliphatic carbocycles. The van der Waals surface area contributed by atoms with Gasteiger partial charge in [0.2, 0.25) is 11.8 Å². The number of hydrogen-bond donors (Lipinski definition) is 2. The number of carbonyl (C=O) groups is 3. The molecule has 1 aliphatic heterocycles. The third kappa shape index (κ3) is 5.20. The zero-order valence-electron chi connectivity index (χ0n) is 13.9. The molecular weight excluding hydrogens is 296 g/mol. The van der Waals surface area contributed by atoms with E-state index in [1.807, 2.05) is 9.80 Å². The smallest absolute Gasteiger partial charge is 0.318 e. The molecular formula is C16H28N4O3. The van der Waals surface area contributed by atoms with Gasteiger partial charge in [0, 0.05) is 32.6 Å². The molecule has 0 spiro atoms. The van der Waals surface area contributed by atoms with Crippen LogP contribution in [0.3, 0.4) is 0 Å². The first-order chi connectivity index (χ1) is 11.0. The predicted octanol–water partition coefficient (Wildman–Crippen LogP) is 0.684. The van der Waals surface area contributed by atoms with Crippen molar-refractivity contribution in [3.8, 4) is 0 Å². The van der Waals surface area contributed by atoms with E-state index >= 15 is 0 Å². The largest absolute Gasteiger partial charge is 0.351 e. The van der Waals surface area contributed by atoms with Crippen molar-refractivity contribution in [3.63, 3.8) is 0 Å². The van der Waals surface area contributed by atoms with Crippen LogP contribution in [0.25, 0.3) is 0 Å². The Bertz CT molecular complexity index is 449. The molecule has 0 bridgehead atoms. The summed E-state index contributed by atoms with van der Waals surface area (Å²) in [6.45, 7) is 4.52. The zero-order valence-corrected chi connectivity index (χ0v) is 13.9. The van der Waals surface area contributed by atoms with Crippen molar-refractivity contribution in [2.24, 2.45) is 11.7 Å². The Kier molecular flexibility index (Phi) is 6.38. The number of amides is 4. The first kappa shape index (κ1) is 17.7. The van der Waals surface area contributed by atoms with Crippen LogP contribution in [0.1, 0.15) is 45.4 Å². The highest BCUT2D eigenvalue weighted by molar-refractivity contribution is 5.96. The Labute approximate surface area is 137 Å². The normalized spacial score (nSPS) is 21.7. The maximum Gasteiger partial charge on any atom is 0.318 e. The van der Waals surface area contributed by atoms with Crippen LogP contribution in [0, 0.1) is 5.92 Å². The van der Waals surface area contributed by atoms with Crippen LogP contribution in [-0.4, -0.2) is 59.9 Å². The molecule has 2 aliphatic rings. The fourth-order valence-electron chi connectivity index (χ4n) is 3.56. The van der Waals surface area contributed by atoms with Crippen molar-refractivity contribution in [2.45, 2.75) is 51.5 Å². The van der Waals surface area contributed by atoms with Gasteiger partial charge in [0.15, 0.2) is 0 Å². The van der Waals surface area contributed by atoms with Crippen molar-refractivity contribution in [1.29, 1.82) is 0 Å². The number of hydrogen-bond acceptors (Lipinski definition) is 4. The van der Waals surface area contributed by atoms with Gasteiger partial charge in [-0.25, -0.2) is 4.79 Å². The Balaban J connectivity index is 1.82. The highest BCUT2D eigenvalue weighted by Crippen LogP contribution is 2.28. The van der Waals surface area contributed by atoms with Crippen LogP contribution < -0.4 is 11.1 Å². The lowest BCUT2D eigenvalue weighted by atomic mass is 10.0. The van der Waals surface area contributed by atoms with Crippen molar-refractivity contribution in [1.82, 2.24) is 15.1 Å². The number of imide groups is 1. The van der Waals surface area contributed by atoms with E-state index in [1.54, 1.807) is 6.92 Å². The lowest BCUT2D eigenvalue weighted by molar-refractivity contribution is -0.132. The second-order valence-electron chi connectivity index (χ2n) is 6.65. The first-order valence-corrected chi connectivity index (χ1v) is 8.59. The van der Waals surface area contributed by atoms with Crippen molar-refractivity contribution in [3.05, 3.63) is 0 Å². The average Bonchev–Trinajstić information content (AvgIpc) is 2.87. The molecule has 7 nitrogen and oxygen atoms in total. The monoisotopic (exact) mass is 324 g/mol. The van der Waals surface area contributed by atoms with E-state index in [1.165, 1.54) is 25.7 Å². The lowest BCUT2D eigenvalue weighted by Crippen LogP contribution is -2.49. The van der Waals surface area contributed by atoms with Gasteiger partial charge in [0.25, 0.3) is 0 Å². The molecule has 0 aromatic heterocycles. The fourth-order valence-corrected chi connectivity index (χ4v) is 3.56. The van der Waals surface area contributed by atoms with Crippen LogP contribution in [0.2, 0.25) is 0 Å². The molecule has 2 fully saturated rings. The van der Waals surface area contributed by atoms with Gasteiger partial charge < -0.3 is 10.6 Å². The molecule has 0 aromatic rings. The predicted molar refractivity (Wildman–Crippen MR) is 86.5 cm³/mol. The van der Waals surface area contributed by atoms with E-state index in [9.17, 15) is 14.4 Å². The van der Waals surface area contributed by atoms with Crippen molar-refractivity contribution < 1.29 is 14.4 Å². The molecule has 7 heteroatoms. The highest BCUT2D eigenvalue weighted by atomic mass is 16.2. The van der Waals surface area contributed by atoms with Gasteiger partial charge in [-0.2, -0.15) is 0 Å². The number of nitrogens with one attached hydrogen (secondary N) is 1. The minimum absolute atomic E-state index is 0.244. The molecule has 1 saturated carbocycles. The molecule has 0 aromatic carbocycles. The van der Waals surface area contributed by atoms with Gasteiger partial charge in [-0.3, -0.25) is 19.8 Å². The van der Waals surface area contributed by atoms with Gasteiger partial charge in [-0.05, 0) is 32.1 Å². The summed E-state index contributed by atoms with van der Waals surface area (Å²) >= 11 is 0. The van der Waals surface area contributed by atoms with Crippen LogP contribution in [-0.2, 0) is 9.59 Å². The van der Waals surface area contributed by atoms with Gasteiger partial charge >= 0.3 is 6.03 Å². The fraction of sp³-hybridized carbons (Fsp3) is 0.812. The SMILES string of the molecule is C[C@H](C(=O)NC(N)=O)N1CCCN(C(=O)CC2CCCC2)CC1. The lowest BCUT2D eigenvalue weighted by Gasteiger charge is -2.26. The third-order valence-corrected chi connectivity index (χ3v) is 4.99. The quantitative estimate of drug-likeness (QED) is 0.795. The standard InChI is InChI=1S/C16H28N4O3/c1-12(15(22)18-16(17)23)19-7-4-8-20(10-9-19)14(21)11-13-5-2-3-6-13/h12-13H,2-11H2,1H3,(H3,17,18,22,23)/t12-/m1/s1. The molecule has 2 rings (SSSR count). The van der Waals surface area contributed by atoms with E-state index in [2.05, 4.69) is 5.32 Å². The molecule has 0 radical (unpaired) electrons. The number of nitrogens with zero attached hydrogens (tertiary/aromatic N) is 2. The van der Waals surface area contributed by atoms with Crippen LogP contribution >= 0.6 is 0 Å². The number of primary amides is 1. The maximum atomic E-state index is 12.4. The summed E-state index contributed by atoms with van der Waals surface area (Å²) in [5.41, 5.74) is 4.99. The second kappa shape index (κ2) is 8.29. The molecule has 1 saturated heterocycles. The zero-order chi connectivity index (χ0) is 16.8. The molecule has 4 amide bonds. The van der Waals surface area contributed by atoms with Gasteiger partial charge in [0.05, 0.1) is 6.04 Å². The van der Waals surface area contributed by atoms with Gasteiger partial charge in [0.1, 0.15) is 0 Å². The minimum Gasteiger partial charge on any atom is -0.351 e. The van der Waals surface area contributed by atoms with Crippen molar-refractivity contribution in [2.75, 3.05) is 26.2 Å². The first-order valence-electron chi connectivity index (χ1n) is 8.59. The minimum atomic E-state index is -0.829. The van der Waals surface area contributed by atoms with Gasteiger partial charge in [-0.1, -0.05) is 12.8 Å². The molecule has 0 unspecified atom stereocenters. The summed E-state index contributed by atoms with van der Waals surface area (Å²) in [6, 6.07) is -1.25. The summed E-state index contributed by atoms with van der Waals surface area (Å²) in [4.78, 5) is 39.0. The maximum absolute atomic E-state index is 12.4. The van der Waals surface area contributed by atoms with E-state index in [-0.39, 0.29) is 11.8 Å². The molecule has 130 valence electrons. The summed E-state index contributed by atoms with van der Waals surface area (Å²) in [5.74, 6) is 0.415. The topological polar surface area (TPSA) is 95.7 Å². The molecule has 1 atom stereocenters. The summed E-state index contributed by atoms with van der Waals surface area (Å²) in [5, 5.41) is 2.12. The summed E-state index contributed by atoms with van der Waals surface area (Å²) in [7, 11) is 0. The number of urea groups is 1. The third-order valence-electron chi connectivity index (χ3n) is 4.99. The Morgan fingerprint density at radius 3 is 2.43 bits per heavy atom. The Morgan fingerprint density at radius 2 is 1.78 bits per heavy atom. The van der Waals surface area contributed by atoms with E-state index in [0.717, 1.165) is 19.5 Å². The highest BCUT2D eigenvalue weighted by Gasteiger charge is 2.27. The van der Waals surface area contributed by atoms with Crippen LogP contribution in [0.15, 0.2) is 0 Å². The average molecular weight is 324 g/mol. The second-order valence-corrected chi connectivity index (χ2v) is 6.65. The van der Waals surface area contributed by atoms with Crippen LogP contribution in [0.4, 0.5) is 4.79 Å². The number of rotatable bonds is 4.